The van der Waals surface area contributed by atoms with Crippen molar-refractivity contribution in [3.63, 3.8) is 0 Å². The Morgan fingerprint density at radius 2 is 2.28 bits per heavy atom. The van der Waals surface area contributed by atoms with Crippen molar-refractivity contribution in [1.82, 2.24) is 10.3 Å². The van der Waals surface area contributed by atoms with Crippen LogP contribution in [-0.4, -0.2) is 18.6 Å². The third-order valence-electron chi connectivity index (χ3n) is 2.83. The van der Waals surface area contributed by atoms with Gasteiger partial charge in [-0.1, -0.05) is 0 Å². The molecule has 4 heteroatoms. The van der Waals surface area contributed by atoms with Gasteiger partial charge >= 0.3 is 0 Å². The van der Waals surface area contributed by atoms with Crippen LogP contribution in [0.5, 0.6) is 5.75 Å². The normalized spacial score (nSPS) is 12.4. The summed E-state index contributed by atoms with van der Waals surface area (Å²) in [6.07, 6.45) is 3.64. The highest BCUT2D eigenvalue weighted by Gasteiger charge is 2.16. The zero-order valence-corrected chi connectivity index (χ0v) is 11.8. The monoisotopic (exact) mass is 262 g/mol. The van der Waals surface area contributed by atoms with Gasteiger partial charge in [-0.15, -0.1) is 11.3 Å². The molecule has 0 aliphatic heterocycles. The van der Waals surface area contributed by atoms with E-state index in [-0.39, 0.29) is 6.04 Å². The number of hydrogen-bond acceptors (Lipinski definition) is 4. The van der Waals surface area contributed by atoms with Gasteiger partial charge in [0, 0.05) is 11.1 Å². The van der Waals surface area contributed by atoms with Gasteiger partial charge in [-0.2, -0.15) is 0 Å². The molecule has 0 bridgehead atoms. The topological polar surface area (TPSA) is 34.1 Å². The van der Waals surface area contributed by atoms with Crippen molar-refractivity contribution in [1.29, 1.82) is 0 Å². The summed E-state index contributed by atoms with van der Waals surface area (Å²) in [5.74, 6) is 0.824. The Morgan fingerprint density at radius 1 is 1.44 bits per heavy atom. The van der Waals surface area contributed by atoms with E-state index in [4.69, 9.17) is 4.74 Å². The highest BCUT2D eigenvalue weighted by Crippen LogP contribution is 2.30. The third-order valence-corrected chi connectivity index (χ3v) is 3.91. The molecule has 2 aromatic heterocycles. The minimum absolute atomic E-state index is 0.179. The summed E-state index contributed by atoms with van der Waals surface area (Å²) in [5, 5.41) is 5.47. The molecule has 18 heavy (non-hydrogen) atoms. The third kappa shape index (κ3) is 2.71. The maximum Gasteiger partial charge on any atom is 0.137 e. The first-order valence-electron chi connectivity index (χ1n) is 6.05. The van der Waals surface area contributed by atoms with Gasteiger partial charge in [0.05, 0.1) is 18.8 Å². The molecule has 0 amide bonds. The summed E-state index contributed by atoms with van der Waals surface area (Å²) >= 11 is 1.77. The zero-order valence-electron chi connectivity index (χ0n) is 10.9. The highest BCUT2D eigenvalue weighted by molar-refractivity contribution is 7.10. The van der Waals surface area contributed by atoms with Crippen molar-refractivity contribution >= 4 is 11.3 Å². The van der Waals surface area contributed by atoms with E-state index in [9.17, 15) is 0 Å². The second kappa shape index (κ2) is 5.98. The number of hydrogen-bond donors (Lipinski definition) is 1. The highest BCUT2D eigenvalue weighted by atomic mass is 32.1. The molecular formula is C14H18N2OS. The van der Waals surface area contributed by atoms with Gasteiger partial charge in [0.25, 0.3) is 0 Å². The van der Waals surface area contributed by atoms with E-state index in [0.717, 1.165) is 11.3 Å². The molecule has 0 saturated heterocycles. The first-order valence-corrected chi connectivity index (χ1v) is 6.93. The number of rotatable bonds is 5. The molecular weight excluding hydrogens is 244 g/mol. The molecule has 96 valence electrons. The number of pyridine rings is 1. The Morgan fingerprint density at radius 3 is 2.89 bits per heavy atom. The number of ether oxygens (including phenoxy) is 1. The summed E-state index contributed by atoms with van der Waals surface area (Å²) in [4.78, 5) is 5.58. The first-order chi connectivity index (χ1) is 8.76. The molecule has 0 saturated carbocycles. The van der Waals surface area contributed by atoms with Gasteiger partial charge in [-0.05, 0) is 49.5 Å². The van der Waals surface area contributed by atoms with E-state index in [1.807, 2.05) is 20.2 Å². The average molecular weight is 262 g/mol. The summed E-state index contributed by atoms with van der Waals surface area (Å²) in [6.45, 7) is 4.77. The Kier molecular flexibility index (Phi) is 4.33. The summed E-state index contributed by atoms with van der Waals surface area (Å²) in [7, 11) is 1.97. The molecule has 0 aliphatic carbocycles. The fourth-order valence-corrected chi connectivity index (χ4v) is 3.03. The lowest BCUT2D eigenvalue weighted by Crippen LogP contribution is -2.17. The van der Waals surface area contributed by atoms with E-state index in [1.54, 1.807) is 17.5 Å². The van der Waals surface area contributed by atoms with E-state index < -0.39 is 0 Å². The second-order valence-electron chi connectivity index (χ2n) is 4.08. The number of aromatic nitrogens is 1. The summed E-state index contributed by atoms with van der Waals surface area (Å²) < 4.78 is 5.50. The minimum atomic E-state index is 0.179. The molecule has 0 spiro atoms. The molecule has 1 unspecified atom stereocenters. The maximum atomic E-state index is 5.50. The minimum Gasteiger partial charge on any atom is -0.492 e. The summed E-state index contributed by atoms with van der Waals surface area (Å²) in [6, 6.07) is 4.37. The fraction of sp³-hybridized carbons (Fsp3) is 0.357. The van der Waals surface area contributed by atoms with Crippen LogP contribution in [0.4, 0.5) is 0 Å². The average Bonchev–Trinajstić information content (AvgIpc) is 2.78. The van der Waals surface area contributed by atoms with Crippen LogP contribution in [0, 0.1) is 6.92 Å². The van der Waals surface area contributed by atoms with Gasteiger partial charge in [0.1, 0.15) is 5.75 Å². The van der Waals surface area contributed by atoms with Crippen molar-refractivity contribution in [2.45, 2.75) is 19.9 Å². The lowest BCUT2D eigenvalue weighted by atomic mass is 10.1. The van der Waals surface area contributed by atoms with Crippen LogP contribution in [0.3, 0.4) is 0 Å². The number of nitrogens with one attached hydrogen (secondary N) is 1. The van der Waals surface area contributed by atoms with Gasteiger partial charge in [0.15, 0.2) is 0 Å². The van der Waals surface area contributed by atoms with Crippen LogP contribution in [0.2, 0.25) is 0 Å². The molecule has 3 nitrogen and oxygen atoms in total. The standard InChI is InChI=1S/C14H18N2OS/c1-4-17-12-7-11(8-16-9-12)13(15-3)14-10(2)5-6-18-14/h5-9,13,15H,4H2,1-3H3. The molecule has 1 atom stereocenters. The largest absolute Gasteiger partial charge is 0.492 e. The molecule has 0 aliphatic rings. The quantitative estimate of drug-likeness (QED) is 0.898. The molecule has 2 rings (SSSR count). The van der Waals surface area contributed by atoms with Gasteiger partial charge < -0.3 is 10.1 Å². The van der Waals surface area contributed by atoms with E-state index in [0.29, 0.717) is 6.61 Å². The zero-order chi connectivity index (χ0) is 13.0. The number of thiophene rings is 1. The van der Waals surface area contributed by atoms with Gasteiger partial charge in [0.2, 0.25) is 0 Å². The van der Waals surface area contributed by atoms with Gasteiger partial charge in [-0.3, -0.25) is 4.98 Å². The predicted molar refractivity (Wildman–Crippen MR) is 75.4 cm³/mol. The van der Waals surface area contributed by atoms with Crippen LogP contribution in [0.25, 0.3) is 0 Å². The molecule has 1 N–H and O–H groups in total. The summed E-state index contributed by atoms with van der Waals surface area (Å²) in [5.41, 5.74) is 2.44. The smallest absolute Gasteiger partial charge is 0.137 e. The Balaban J connectivity index is 2.33. The number of nitrogens with zero attached hydrogens (tertiary/aromatic N) is 1. The van der Waals surface area contributed by atoms with Crippen LogP contribution in [-0.2, 0) is 0 Å². The van der Waals surface area contributed by atoms with Crippen molar-refractivity contribution in [3.05, 3.63) is 45.9 Å². The van der Waals surface area contributed by atoms with E-state index in [1.165, 1.54) is 10.4 Å². The van der Waals surface area contributed by atoms with E-state index in [2.05, 4.69) is 34.7 Å². The van der Waals surface area contributed by atoms with Crippen molar-refractivity contribution in [2.24, 2.45) is 0 Å². The molecule has 0 fully saturated rings. The van der Waals surface area contributed by atoms with Crippen molar-refractivity contribution in [3.8, 4) is 5.75 Å². The van der Waals surface area contributed by atoms with Crippen molar-refractivity contribution < 1.29 is 4.74 Å². The molecule has 2 aromatic rings. The van der Waals surface area contributed by atoms with Crippen LogP contribution < -0.4 is 10.1 Å². The Hall–Kier alpha value is -1.39. The van der Waals surface area contributed by atoms with Crippen LogP contribution >= 0.6 is 11.3 Å². The molecule has 0 aromatic carbocycles. The predicted octanol–water partition coefficient (Wildman–Crippen LogP) is 3.16. The molecule has 0 radical (unpaired) electrons. The van der Waals surface area contributed by atoms with Crippen LogP contribution in [0.15, 0.2) is 29.9 Å². The SMILES string of the molecule is CCOc1cncc(C(NC)c2sccc2C)c1. The van der Waals surface area contributed by atoms with Crippen molar-refractivity contribution in [2.75, 3.05) is 13.7 Å². The first kappa shape index (κ1) is 13.1. The lowest BCUT2D eigenvalue weighted by Gasteiger charge is -2.16. The van der Waals surface area contributed by atoms with Crippen LogP contribution in [0.1, 0.15) is 29.0 Å². The van der Waals surface area contributed by atoms with E-state index >= 15 is 0 Å². The Labute approximate surface area is 112 Å². The maximum absolute atomic E-state index is 5.50. The Bertz CT molecular complexity index is 510. The second-order valence-corrected chi connectivity index (χ2v) is 5.02. The van der Waals surface area contributed by atoms with Gasteiger partial charge in [-0.25, -0.2) is 0 Å². The lowest BCUT2D eigenvalue weighted by molar-refractivity contribution is 0.338. The number of aryl methyl sites for hydroxylation is 1. The fourth-order valence-electron chi connectivity index (χ4n) is 1.97. The molecule has 2 heterocycles.